The van der Waals surface area contributed by atoms with Gasteiger partial charge in [0, 0.05) is 17.7 Å². The molecule has 17 heavy (non-hydrogen) atoms. The van der Waals surface area contributed by atoms with Crippen molar-refractivity contribution in [3.8, 4) is 0 Å². The number of imidazole rings is 1. The van der Waals surface area contributed by atoms with E-state index in [1.54, 1.807) is 0 Å². The van der Waals surface area contributed by atoms with Crippen LogP contribution in [0.4, 0.5) is 0 Å². The lowest BCUT2D eigenvalue weighted by atomic mass is 10.0. The Bertz CT molecular complexity index is 493. The lowest BCUT2D eigenvalue weighted by Crippen LogP contribution is -2.21. The molecular formula is C13H16BrN3. The largest absolute Gasteiger partial charge is 0.336 e. The van der Waals surface area contributed by atoms with Gasteiger partial charge in [-0.15, -0.1) is 0 Å². The van der Waals surface area contributed by atoms with Crippen molar-refractivity contribution < 1.29 is 0 Å². The molecule has 0 bridgehead atoms. The van der Waals surface area contributed by atoms with Gasteiger partial charge < -0.3 is 9.88 Å². The van der Waals surface area contributed by atoms with Crippen LogP contribution < -0.4 is 5.32 Å². The van der Waals surface area contributed by atoms with Crippen molar-refractivity contribution in [1.29, 1.82) is 0 Å². The van der Waals surface area contributed by atoms with Gasteiger partial charge in [0.2, 0.25) is 0 Å². The summed E-state index contributed by atoms with van der Waals surface area (Å²) in [6.45, 7) is 0. The Morgan fingerprint density at radius 2 is 2.18 bits per heavy atom. The maximum Gasteiger partial charge on any atom is 0.0946 e. The van der Waals surface area contributed by atoms with Gasteiger partial charge in [-0.3, -0.25) is 0 Å². The number of nitrogens with one attached hydrogen (secondary N) is 1. The van der Waals surface area contributed by atoms with Crippen LogP contribution in [-0.2, 0) is 13.5 Å². The van der Waals surface area contributed by atoms with E-state index in [-0.39, 0.29) is 6.04 Å². The first-order valence-corrected chi connectivity index (χ1v) is 6.38. The number of likely N-dealkylation sites (N-methyl/N-ethyl adjacent to an activating group) is 1. The SMILES string of the molecule is CNC(Cc1ccccc1Br)c1cncn1C. The first kappa shape index (κ1) is 12.3. The third-order valence-electron chi connectivity index (χ3n) is 2.94. The topological polar surface area (TPSA) is 29.9 Å². The maximum atomic E-state index is 4.17. The molecule has 2 aromatic rings. The molecule has 0 radical (unpaired) electrons. The van der Waals surface area contributed by atoms with Crippen molar-refractivity contribution in [2.24, 2.45) is 7.05 Å². The Kier molecular flexibility index (Phi) is 3.97. The van der Waals surface area contributed by atoms with Gasteiger partial charge >= 0.3 is 0 Å². The Morgan fingerprint density at radius 1 is 1.41 bits per heavy atom. The summed E-state index contributed by atoms with van der Waals surface area (Å²) in [4.78, 5) is 4.17. The van der Waals surface area contributed by atoms with Crippen LogP contribution in [0.1, 0.15) is 17.3 Å². The standard InChI is InChI=1S/C13H16BrN3/c1-15-12(13-8-16-9-17(13)2)7-10-5-3-4-6-11(10)14/h3-6,8-9,12,15H,7H2,1-2H3. The van der Waals surface area contributed by atoms with E-state index >= 15 is 0 Å². The predicted octanol–water partition coefficient (Wildman–Crippen LogP) is 2.69. The summed E-state index contributed by atoms with van der Waals surface area (Å²) in [5, 5.41) is 3.34. The fraction of sp³-hybridized carbons (Fsp3) is 0.308. The molecule has 0 saturated carbocycles. The van der Waals surface area contributed by atoms with Crippen LogP contribution >= 0.6 is 15.9 Å². The lowest BCUT2D eigenvalue weighted by Gasteiger charge is -2.17. The second kappa shape index (κ2) is 5.47. The van der Waals surface area contributed by atoms with E-state index in [1.165, 1.54) is 11.3 Å². The molecule has 1 aromatic carbocycles. The van der Waals surface area contributed by atoms with Crippen LogP contribution in [0.5, 0.6) is 0 Å². The van der Waals surface area contributed by atoms with Crippen molar-refractivity contribution in [3.05, 3.63) is 52.5 Å². The van der Waals surface area contributed by atoms with E-state index in [2.05, 4.69) is 49.0 Å². The minimum absolute atomic E-state index is 0.279. The number of hydrogen-bond donors (Lipinski definition) is 1. The minimum atomic E-state index is 0.279. The van der Waals surface area contributed by atoms with Gasteiger partial charge in [-0.25, -0.2) is 4.98 Å². The lowest BCUT2D eigenvalue weighted by molar-refractivity contribution is 0.554. The molecule has 3 nitrogen and oxygen atoms in total. The molecule has 0 aliphatic heterocycles. The van der Waals surface area contributed by atoms with E-state index in [4.69, 9.17) is 0 Å². The Balaban J connectivity index is 2.22. The van der Waals surface area contributed by atoms with Crippen LogP contribution in [0, 0.1) is 0 Å². The molecule has 1 unspecified atom stereocenters. The van der Waals surface area contributed by atoms with Crippen molar-refractivity contribution in [1.82, 2.24) is 14.9 Å². The van der Waals surface area contributed by atoms with Gasteiger partial charge in [-0.2, -0.15) is 0 Å². The molecule has 1 atom stereocenters. The molecule has 90 valence electrons. The maximum absolute atomic E-state index is 4.17. The monoisotopic (exact) mass is 293 g/mol. The molecule has 0 amide bonds. The highest BCUT2D eigenvalue weighted by Crippen LogP contribution is 2.23. The van der Waals surface area contributed by atoms with Crippen LogP contribution in [0.2, 0.25) is 0 Å². The first-order chi connectivity index (χ1) is 8.22. The van der Waals surface area contributed by atoms with E-state index in [9.17, 15) is 0 Å². The molecule has 0 aliphatic carbocycles. The average molecular weight is 294 g/mol. The molecule has 1 heterocycles. The summed E-state index contributed by atoms with van der Waals surface area (Å²) in [5.74, 6) is 0. The van der Waals surface area contributed by atoms with Gasteiger partial charge in [-0.1, -0.05) is 34.1 Å². The van der Waals surface area contributed by atoms with E-state index in [0.29, 0.717) is 0 Å². The van der Waals surface area contributed by atoms with E-state index in [1.807, 2.05) is 32.7 Å². The highest BCUT2D eigenvalue weighted by atomic mass is 79.9. The molecule has 4 heteroatoms. The minimum Gasteiger partial charge on any atom is -0.336 e. The van der Waals surface area contributed by atoms with Gasteiger partial charge in [-0.05, 0) is 25.1 Å². The van der Waals surface area contributed by atoms with Gasteiger partial charge in [0.25, 0.3) is 0 Å². The van der Waals surface area contributed by atoms with Crippen molar-refractivity contribution >= 4 is 15.9 Å². The molecule has 0 saturated heterocycles. The van der Waals surface area contributed by atoms with Crippen molar-refractivity contribution in [2.45, 2.75) is 12.5 Å². The summed E-state index contributed by atoms with van der Waals surface area (Å²) in [6, 6.07) is 8.60. The van der Waals surface area contributed by atoms with Gasteiger partial charge in [0.1, 0.15) is 0 Å². The zero-order chi connectivity index (χ0) is 12.3. The number of benzene rings is 1. The Labute approximate surface area is 110 Å². The fourth-order valence-electron chi connectivity index (χ4n) is 1.94. The second-order valence-electron chi connectivity index (χ2n) is 4.07. The number of nitrogens with zero attached hydrogens (tertiary/aromatic N) is 2. The number of aromatic nitrogens is 2. The molecule has 2 rings (SSSR count). The van der Waals surface area contributed by atoms with Crippen LogP contribution in [0.3, 0.4) is 0 Å². The number of rotatable bonds is 4. The van der Waals surface area contributed by atoms with E-state index < -0.39 is 0 Å². The highest BCUT2D eigenvalue weighted by molar-refractivity contribution is 9.10. The zero-order valence-electron chi connectivity index (χ0n) is 10.0. The smallest absolute Gasteiger partial charge is 0.0946 e. The fourth-order valence-corrected chi connectivity index (χ4v) is 2.39. The molecular weight excluding hydrogens is 278 g/mol. The van der Waals surface area contributed by atoms with E-state index in [0.717, 1.165) is 10.9 Å². The van der Waals surface area contributed by atoms with Gasteiger partial charge in [0.15, 0.2) is 0 Å². The number of aryl methyl sites for hydroxylation is 1. The molecule has 1 N–H and O–H groups in total. The summed E-state index contributed by atoms with van der Waals surface area (Å²) >= 11 is 3.59. The quantitative estimate of drug-likeness (QED) is 0.939. The second-order valence-corrected chi connectivity index (χ2v) is 4.92. The molecule has 0 aliphatic rings. The predicted molar refractivity (Wildman–Crippen MR) is 72.9 cm³/mol. The van der Waals surface area contributed by atoms with Crippen LogP contribution in [0.25, 0.3) is 0 Å². The summed E-state index contributed by atoms with van der Waals surface area (Å²) < 4.78 is 3.21. The van der Waals surface area contributed by atoms with Crippen LogP contribution in [-0.4, -0.2) is 16.6 Å². The van der Waals surface area contributed by atoms with Gasteiger partial charge in [0.05, 0.1) is 18.1 Å². The van der Waals surface area contributed by atoms with Crippen molar-refractivity contribution in [2.75, 3.05) is 7.05 Å². The summed E-state index contributed by atoms with van der Waals surface area (Å²) in [6.07, 6.45) is 4.69. The summed E-state index contributed by atoms with van der Waals surface area (Å²) in [7, 11) is 4.00. The van der Waals surface area contributed by atoms with Crippen LogP contribution in [0.15, 0.2) is 41.3 Å². The highest BCUT2D eigenvalue weighted by Gasteiger charge is 2.14. The molecule has 0 fully saturated rings. The van der Waals surface area contributed by atoms with Crippen molar-refractivity contribution in [3.63, 3.8) is 0 Å². The number of hydrogen-bond acceptors (Lipinski definition) is 2. The average Bonchev–Trinajstić information content (AvgIpc) is 2.75. The normalized spacial score (nSPS) is 12.6. The third kappa shape index (κ3) is 2.76. The first-order valence-electron chi connectivity index (χ1n) is 5.59. The molecule has 1 aromatic heterocycles. The zero-order valence-corrected chi connectivity index (χ0v) is 11.6. The Morgan fingerprint density at radius 3 is 2.76 bits per heavy atom. The third-order valence-corrected chi connectivity index (χ3v) is 3.71. The molecule has 0 spiro atoms. The Hall–Kier alpha value is -1.13. The number of halogens is 1. The summed E-state index contributed by atoms with van der Waals surface area (Å²) in [5.41, 5.74) is 2.50.